The molecule has 31 heavy (non-hydrogen) atoms. The summed E-state index contributed by atoms with van der Waals surface area (Å²) in [5.74, 6) is 1.71. The molecule has 0 fully saturated rings. The van der Waals surface area contributed by atoms with Crippen molar-refractivity contribution >= 4 is 19.6 Å². The molecule has 0 saturated heterocycles. The standard InChI is InChI=1S/C26H35NO3Si/c1-17-15-26(5,6)27(30-31(8,9)25(2,3)4)20-14-13-18-19(23(17)20)16-29-22-12-10-11-21(28-7)24(18)22/h10-15H,16H2,1-9H3. The van der Waals surface area contributed by atoms with Crippen molar-refractivity contribution in [1.82, 2.24) is 0 Å². The van der Waals surface area contributed by atoms with E-state index in [0.717, 1.165) is 22.7 Å². The lowest BCUT2D eigenvalue weighted by Gasteiger charge is -2.49. The van der Waals surface area contributed by atoms with Crippen LogP contribution in [0.1, 0.15) is 52.7 Å². The van der Waals surface area contributed by atoms with Crippen molar-refractivity contribution in [2.45, 2.75) is 71.8 Å². The van der Waals surface area contributed by atoms with Crippen LogP contribution in [-0.2, 0) is 11.1 Å². The molecule has 2 aliphatic heterocycles. The Morgan fingerprint density at radius 2 is 1.77 bits per heavy atom. The topological polar surface area (TPSA) is 30.9 Å². The smallest absolute Gasteiger partial charge is 0.228 e. The van der Waals surface area contributed by atoms with Crippen molar-refractivity contribution in [3.05, 3.63) is 47.5 Å². The van der Waals surface area contributed by atoms with Gasteiger partial charge in [0.15, 0.2) is 0 Å². The number of hydrogen-bond acceptors (Lipinski definition) is 4. The van der Waals surface area contributed by atoms with Crippen LogP contribution in [0.4, 0.5) is 5.69 Å². The molecule has 0 aliphatic carbocycles. The largest absolute Gasteiger partial charge is 0.496 e. The zero-order valence-corrected chi connectivity index (χ0v) is 21.3. The maximum absolute atomic E-state index is 6.90. The highest BCUT2D eigenvalue weighted by Crippen LogP contribution is 2.51. The summed E-state index contributed by atoms with van der Waals surface area (Å²) in [7, 11) is -0.321. The van der Waals surface area contributed by atoms with Crippen LogP contribution < -0.4 is 14.5 Å². The number of hydrogen-bond donors (Lipinski definition) is 0. The molecule has 0 unspecified atom stereocenters. The predicted octanol–water partition coefficient (Wildman–Crippen LogP) is 7.19. The summed E-state index contributed by atoms with van der Waals surface area (Å²) in [6, 6.07) is 10.4. The minimum atomic E-state index is -2.03. The molecule has 0 N–H and O–H groups in total. The van der Waals surface area contributed by atoms with Gasteiger partial charge in [0.1, 0.15) is 18.1 Å². The molecule has 4 nitrogen and oxygen atoms in total. The zero-order valence-electron chi connectivity index (χ0n) is 20.3. The predicted molar refractivity (Wildman–Crippen MR) is 131 cm³/mol. The van der Waals surface area contributed by atoms with E-state index in [4.69, 9.17) is 14.0 Å². The van der Waals surface area contributed by atoms with Crippen molar-refractivity contribution in [3.63, 3.8) is 0 Å². The van der Waals surface area contributed by atoms with Gasteiger partial charge in [0.05, 0.1) is 23.9 Å². The van der Waals surface area contributed by atoms with Gasteiger partial charge in [-0.25, -0.2) is 0 Å². The summed E-state index contributed by atoms with van der Waals surface area (Å²) >= 11 is 0. The Kier molecular flexibility index (Phi) is 5.06. The van der Waals surface area contributed by atoms with Crippen molar-refractivity contribution < 1.29 is 14.0 Å². The van der Waals surface area contributed by atoms with Crippen LogP contribution in [0.5, 0.6) is 11.5 Å². The molecule has 166 valence electrons. The number of nitrogens with zero attached hydrogens (tertiary/aromatic N) is 1. The third kappa shape index (κ3) is 3.48. The normalized spacial score (nSPS) is 17.2. The second kappa shape index (κ2) is 7.14. The quantitative estimate of drug-likeness (QED) is 0.475. The summed E-state index contributed by atoms with van der Waals surface area (Å²) < 4.78 is 18.8. The molecule has 0 atom stereocenters. The molecule has 0 amide bonds. The summed E-state index contributed by atoms with van der Waals surface area (Å²) in [4.78, 5) is 0. The lowest BCUT2D eigenvalue weighted by atomic mass is 9.84. The molecule has 0 bridgehead atoms. The molecule has 2 heterocycles. The summed E-state index contributed by atoms with van der Waals surface area (Å²) in [6.07, 6.45) is 2.32. The molecule has 2 aromatic rings. The molecule has 5 heteroatoms. The van der Waals surface area contributed by atoms with Crippen molar-refractivity contribution in [3.8, 4) is 22.6 Å². The Morgan fingerprint density at radius 3 is 2.42 bits per heavy atom. The van der Waals surface area contributed by atoms with Gasteiger partial charge in [0.2, 0.25) is 8.32 Å². The highest BCUT2D eigenvalue weighted by Gasteiger charge is 2.44. The van der Waals surface area contributed by atoms with E-state index in [1.807, 2.05) is 18.2 Å². The number of methoxy groups -OCH3 is 1. The molecule has 0 spiro atoms. The lowest BCUT2D eigenvalue weighted by Crippen LogP contribution is -2.54. The number of hydroxylamine groups is 1. The maximum atomic E-state index is 6.90. The molecule has 2 aromatic carbocycles. The van der Waals surface area contributed by atoms with Crippen LogP contribution >= 0.6 is 0 Å². The fourth-order valence-corrected chi connectivity index (χ4v) is 5.41. The van der Waals surface area contributed by atoms with Gasteiger partial charge in [-0.05, 0) is 68.2 Å². The van der Waals surface area contributed by atoms with Gasteiger partial charge >= 0.3 is 0 Å². The third-order valence-electron chi connectivity index (χ3n) is 6.97. The Labute approximate surface area is 187 Å². The molecule has 2 aliphatic rings. The number of rotatable bonds is 3. The Balaban J connectivity index is 1.91. The van der Waals surface area contributed by atoms with Crippen LogP contribution in [0.3, 0.4) is 0 Å². The van der Waals surface area contributed by atoms with E-state index in [9.17, 15) is 0 Å². The first kappa shape index (κ1) is 22.0. The number of fused-ring (bicyclic) bond motifs is 5. The van der Waals surface area contributed by atoms with Gasteiger partial charge in [-0.15, -0.1) is 0 Å². The van der Waals surface area contributed by atoms with Crippen LogP contribution in [0.15, 0.2) is 36.4 Å². The molecule has 4 rings (SSSR count). The fourth-order valence-electron chi connectivity index (χ4n) is 4.35. The summed E-state index contributed by atoms with van der Waals surface area (Å²) in [5, 5.41) is 2.27. The average Bonchev–Trinajstić information content (AvgIpc) is 2.68. The van der Waals surface area contributed by atoms with Gasteiger partial charge in [-0.3, -0.25) is 5.06 Å². The summed E-state index contributed by atoms with van der Waals surface area (Å²) in [6.45, 7) is 18.6. The van der Waals surface area contributed by atoms with Crippen LogP contribution in [0.2, 0.25) is 18.1 Å². The van der Waals surface area contributed by atoms with E-state index in [2.05, 4.69) is 77.9 Å². The van der Waals surface area contributed by atoms with Crippen LogP contribution in [0.25, 0.3) is 16.7 Å². The molecule has 0 radical (unpaired) electrons. The van der Waals surface area contributed by atoms with Gasteiger partial charge in [-0.2, -0.15) is 0 Å². The van der Waals surface area contributed by atoms with E-state index < -0.39 is 8.32 Å². The van der Waals surface area contributed by atoms with E-state index in [1.165, 1.54) is 22.3 Å². The first-order valence-corrected chi connectivity index (χ1v) is 13.9. The summed E-state index contributed by atoms with van der Waals surface area (Å²) in [5.41, 5.74) is 6.76. The van der Waals surface area contributed by atoms with Gasteiger partial charge in [-0.1, -0.05) is 39.0 Å². The zero-order chi connectivity index (χ0) is 22.8. The molecular weight excluding hydrogens is 402 g/mol. The van der Waals surface area contributed by atoms with Gasteiger partial charge in [0, 0.05) is 11.1 Å². The Morgan fingerprint density at radius 1 is 1.06 bits per heavy atom. The van der Waals surface area contributed by atoms with E-state index in [0.29, 0.717) is 6.61 Å². The number of anilines is 1. The highest BCUT2D eigenvalue weighted by atomic mass is 28.4. The minimum Gasteiger partial charge on any atom is -0.496 e. The van der Waals surface area contributed by atoms with Crippen molar-refractivity contribution in [2.24, 2.45) is 0 Å². The highest BCUT2D eigenvalue weighted by molar-refractivity contribution is 6.74. The number of ether oxygens (including phenoxy) is 2. The molecule has 0 saturated carbocycles. The van der Waals surface area contributed by atoms with E-state index >= 15 is 0 Å². The van der Waals surface area contributed by atoms with Crippen LogP contribution in [0, 0.1) is 0 Å². The Hall–Kier alpha value is -2.24. The second-order valence-corrected chi connectivity index (χ2v) is 15.4. The minimum absolute atomic E-state index is 0.114. The first-order chi connectivity index (χ1) is 14.4. The van der Waals surface area contributed by atoms with E-state index in [-0.39, 0.29) is 10.6 Å². The van der Waals surface area contributed by atoms with Gasteiger partial charge < -0.3 is 14.0 Å². The van der Waals surface area contributed by atoms with E-state index in [1.54, 1.807) is 7.11 Å². The monoisotopic (exact) mass is 437 g/mol. The number of benzene rings is 2. The second-order valence-electron chi connectivity index (χ2n) is 10.7. The third-order valence-corrected chi connectivity index (χ3v) is 11.2. The number of allylic oxidation sites excluding steroid dienone is 1. The first-order valence-electron chi connectivity index (χ1n) is 11.0. The van der Waals surface area contributed by atoms with Crippen molar-refractivity contribution in [1.29, 1.82) is 0 Å². The lowest BCUT2D eigenvalue weighted by molar-refractivity contribution is 0.197. The average molecular weight is 438 g/mol. The Bertz CT molecular complexity index is 1050. The molecule has 0 aromatic heterocycles. The molecular formula is C26H35NO3Si. The maximum Gasteiger partial charge on any atom is 0.228 e. The van der Waals surface area contributed by atoms with Gasteiger partial charge in [0.25, 0.3) is 0 Å². The van der Waals surface area contributed by atoms with Crippen LogP contribution in [-0.4, -0.2) is 21.0 Å². The fraction of sp³-hybridized carbons (Fsp3) is 0.462. The van der Waals surface area contributed by atoms with Crippen molar-refractivity contribution in [2.75, 3.05) is 12.2 Å². The SMILES string of the molecule is COc1cccc2c1-c1ccc3c(c1CO2)C(C)=CC(C)(C)N3O[Si](C)(C)C(C)(C)C.